The minimum Gasteiger partial charge on any atom is -0.396 e. The molecule has 0 amide bonds. The highest BCUT2D eigenvalue weighted by Crippen LogP contribution is 2.30. The summed E-state index contributed by atoms with van der Waals surface area (Å²) < 4.78 is 0. The lowest BCUT2D eigenvalue weighted by Gasteiger charge is -2.30. The molecule has 1 aliphatic rings. The number of aliphatic hydroxyl groups is 2. The second-order valence-corrected chi connectivity index (χ2v) is 4.77. The normalized spacial score (nSPS) is 18.2. The van der Waals surface area contributed by atoms with Crippen LogP contribution in [0.25, 0.3) is 0 Å². The molecule has 0 radical (unpaired) electrons. The molecule has 0 aromatic rings. The smallest absolute Gasteiger partial charge is 0.0519 e. The van der Waals surface area contributed by atoms with E-state index in [1.807, 2.05) is 6.92 Å². The van der Waals surface area contributed by atoms with Gasteiger partial charge in [0.2, 0.25) is 0 Å². The van der Waals surface area contributed by atoms with E-state index in [9.17, 15) is 0 Å². The predicted molar refractivity (Wildman–Crippen MR) is 52.5 cm³/mol. The summed E-state index contributed by atoms with van der Waals surface area (Å²) >= 11 is 0. The molecular weight excluding hydrogens is 166 g/mol. The molecule has 1 saturated carbocycles. The number of nitrogens with zero attached hydrogens (tertiary/aromatic N) is 1. The van der Waals surface area contributed by atoms with E-state index in [0.717, 1.165) is 19.0 Å². The standard InChI is InChI=1S/C10H21NO2/c1-10(7-12,8-13)6-11(2)5-9-3-4-9/h9,12-13H,3-8H2,1-2H3. The van der Waals surface area contributed by atoms with Crippen molar-refractivity contribution in [2.45, 2.75) is 19.8 Å². The molecule has 0 atom stereocenters. The minimum absolute atomic E-state index is 0.0541. The lowest BCUT2D eigenvalue weighted by molar-refractivity contribution is 0.0410. The lowest BCUT2D eigenvalue weighted by Crippen LogP contribution is -2.39. The molecule has 78 valence electrons. The zero-order valence-electron chi connectivity index (χ0n) is 8.66. The molecule has 0 aromatic carbocycles. The molecule has 3 heteroatoms. The third-order valence-electron chi connectivity index (χ3n) is 2.68. The summed E-state index contributed by atoms with van der Waals surface area (Å²) in [5, 5.41) is 18.2. The molecule has 1 rings (SSSR count). The summed E-state index contributed by atoms with van der Waals surface area (Å²) in [4.78, 5) is 2.21. The summed E-state index contributed by atoms with van der Waals surface area (Å²) in [6, 6.07) is 0. The third kappa shape index (κ3) is 3.63. The Balaban J connectivity index is 2.26. The van der Waals surface area contributed by atoms with Gasteiger partial charge < -0.3 is 15.1 Å². The quantitative estimate of drug-likeness (QED) is 0.629. The Morgan fingerprint density at radius 2 is 1.85 bits per heavy atom. The van der Waals surface area contributed by atoms with Gasteiger partial charge in [0.05, 0.1) is 13.2 Å². The zero-order chi connectivity index (χ0) is 9.90. The second-order valence-electron chi connectivity index (χ2n) is 4.77. The lowest BCUT2D eigenvalue weighted by atomic mass is 9.92. The van der Waals surface area contributed by atoms with Crippen LogP contribution in [-0.2, 0) is 0 Å². The number of hydrogen-bond donors (Lipinski definition) is 2. The van der Waals surface area contributed by atoms with Crippen LogP contribution in [0.5, 0.6) is 0 Å². The van der Waals surface area contributed by atoms with Crippen LogP contribution < -0.4 is 0 Å². The van der Waals surface area contributed by atoms with E-state index in [1.165, 1.54) is 12.8 Å². The maximum atomic E-state index is 9.10. The molecular formula is C10H21NO2. The molecule has 0 aromatic heterocycles. The average Bonchev–Trinajstić information content (AvgIpc) is 2.88. The Kier molecular flexibility index (Phi) is 3.71. The van der Waals surface area contributed by atoms with E-state index in [0.29, 0.717) is 0 Å². The van der Waals surface area contributed by atoms with Crippen molar-refractivity contribution in [1.29, 1.82) is 0 Å². The van der Waals surface area contributed by atoms with Crippen LogP contribution in [0.3, 0.4) is 0 Å². The van der Waals surface area contributed by atoms with E-state index >= 15 is 0 Å². The van der Waals surface area contributed by atoms with Crippen molar-refractivity contribution < 1.29 is 10.2 Å². The first-order valence-electron chi connectivity index (χ1n) is 5.00. The van der Waals surface area contributed by atoms with Gasteiger partial charge in [0.15, 0.2) is 0 Å². The molecule has 3 nitrogen and oxygen atoms in total. The van der Waals surface area contributed by atoms with Gasteiger partial charge >= 0.3 is 0 Å². The van der Waals surface area contributed by atoms with E-state index in [-0.39, 0.29) is 18.6 Å². The highest BCUT2D eigenvalue weighted by atomic mass is 16.3. The predicted octanol–water partition coefficient (Wildman–Crippen LogP) is 0.319. The van der Waals surface area contributed by atoms with Gasteiger partial charge in [-0.05, 0) is 25.8 Å². The SMILES string of the molecule is CN(CC1CC1)CC(C)(CO)CO. The number of hydrogen-bond acceptors (Lipinski definition) is 3. The first kappa shape index (κ1) is 11.0. The van der Waals surface area contributed by atoms with E-state index in [1.54, 1.807) is 0 Å². The van der Waals surface area contributed by atoms with Gasteiger partial charge in [0, 0.05) is 18.5 Å². The van der Waals surface area contributed by atoms with Crippen molar-refractivity contribution in [3.05, 3.63) is 0 Å². The van der Waals surface area contributed by atoms with Crippen LogP contribution in [0.4, 0.5) is 0 Å². The Morgan fingerprint density at radius 1 is 1.31 bits per heavy atom. The van der Waals surface area contributed by atoms with E-state index < -0.39 is 0 Å². The van der Waals surface area contributed by atoms with Crippen LogP contribution in [0, 0.1) is 11.3 Å². The highest BCUT2D eigenvalue weighted by molar-refractivity contribution is 4.80. The molecule has 0 unspecified atom stereocenters. The first-order valence-corrected chi connectivity index (χ1v) is 5.00. The molecule has 0 bridgehead atoms. The van der Waals surface area contributed by atoms with Gasteiger partial charge in [-0.2, -0.15) is 0 Å². The topological polar surface area (TPSA) is 43.7 Å². The van der Waals surface area contributed by atoms with Crippen molar-refractivity contribution in [2.24, 2.45) is 11.3 Å². The summed E-state index contributed by atoms with van der Waals surface area (Å²) in [5.74, 6) is 0.867. The zero-order valence-corrected chi connectivity index (χ0v) is 8.66. The molecule has 2 N–H and O–H groups in total. The van der Waals surface area contributed by atoms with Gasteiger partial charge in [-0.15, -0.1) is 0 Å². The summed E-state index contributed by atoms with van der Waals surface area (Å²) in [5.41, 5.74) is -0.344. The average molecular weight is 187 g/mol. The highest BCUT2D eigenvalue weighted by Gasteiger charge is 2.28. The van der Waals surface area contributed by atoms with E-state index in [2.05, 4.69) is 11.9 Å². The summed E-state index contributed by atoms with van der Waals surface area (Å²) in [6.07, 6.45) is 2.69. The fourth-order valence-electron chi connectivity index (χ4n) is 1.61. The second kappa shape index (κ2) is 4.40. The van der Waals surface area contributed by atoms with Crippen molar-refractivity contribution in [1.82, 2.24) is 4.90 Å². The molecule has 13 heavy (non-hydrogen) atoms. The monoisotopic (exact) mass is 187 g/mol. The van der Waals surface area contributed by atoms with Crippen LogP contribution in [0.2, 0.25) is 0 Å². The Labute approximate surface area is 80.4 Å². The maximum absolute atomic E-state index is 9.10. The van der Waals surface area contributed by atoms with Gasteiger partial charge in [0.1, 0.15) is 0 Å². The van der Waals surface area contributed by atoms with Gasteiger partial charge in [0.25, 0.3) is 0 Å². The van der Waals surface area contributed by atoms with Crippen LogP contribution in [0.1, 0.15) is 19.8 Å². The Bertz CT molecular complexity index is 153. The largest absolute Gasteiger partial charge is 0.396 e. The van der Waals surface area contributed by atoms with Crippen molar-refractivity contribution in [3.8, 4) is 0 Å². The molecule has 0 heterocycles. The number of aliphatic hydroxyl groups excluding tert-OH is 2. The van der Waals surface area contributed by atoms with Crippen LogP contribution >= 0.6 is 0 Å². The maximum Gasteiger partial charge on any atom is 0.0519 e. The van der Waals surface area contributed by atoms with Crippen LogP contribution in [-0.4, -0.2) is 48.5 Å². The molecule has 0 aliphatic heterocycles. The fraction of sp³-hybridized carbons (Fsp3) is 1.00. The van der Waals surface area contributed by atoms with E-state index in [4.69, 9.17) is 10.2 Å². The first-order chi connectivity index (χ1) is 6.09. The Hall–Kier alpha value is -0.120. The minimum atomic E-state index is -0.344. The van der Waals surface area contributed by atoms with Gasteiger partial charge in [-0.1, -0.05) is 6.92 Å². The van der Waals surface area contributed by atoms with Crippen molar-refractivity contribution >= 4 is 0 Å². The number of rotatable bonds is 6. The summed E-state index contributed by atoms with van der Waals surface area (Å²) in [6.45, 7) is 3.90. The fourth-order valence-corrected chi connectivity index (χ4v) is 1.61. The molecule has 1 aliphatic carbocycles. The summed E-state index contributed by atoms with van der Waals surface area (Å²) in [7, 11) is 2.06. The molecule has 0 spiro atoms. The van der Waals surface area contributed by atoms with Gasteiger partial charge in [-0.3, -0.25) is 0 Å². The molecule has 0 saturated heterocycles. The third-order valence-corrected chi connectivity index (χ3v) is 2.68. The van der Waals surface area contributed by atoms with Crippen molar-refractivity contribution in [3.63, 3.8) is 0 Å². The van der Waals surface area contributed by atoms with Gasteiger partial charge in [-0.25, -0.2) is 0 Å². The molecule has 1 fully saturated rings. The Morgan fingerprint density at radius 3 is 2.23 bits per heavy atom. The van der Waals surface area contributed by atoms with Crippen molar-refractivity contribution in [2.75, 3.05) is 33.4 Å². The van der Waals surface area contributed by atoms with Crippen LogP contribution in [0.15, 0.2) is 0 Å².